The second kappa shape index (κ2) is 4.69. The molecule has 3 nitrogen and oxygen atoms in total. The highest BCUT2D eigenvalue weighted by Gasteiger charge is 2.45. The van der Waals surface area contributed by atoms with Crippen molar-refractivity contribution in [2.24, 2.45) is 0 Å². The maximum absolute atomic E-state index is 5.51. The zero-order valence-electron chi connectivity index (χ0n) is 9.79. The van der Waals surface area contributed by atoms with Gasteiger partial charge in [-0.1, -0.05) is 28.1 Å². The Kier molecular flexibility index (Phi) is 3.21. The lowest BCUT2D eigenvalue weighted by molar-refractivity contribution is -0.149. The summed E-state index contributed by atoms with van der Waals surface area (Å²) in [7, 11) is 0. The van der Waals surface area contributed by atoms with Crippen molar-refractivity contribution in [1.29, 1.82) is 0 Å². The number of nitrogens with zero attached hydrogens (tertiary/aromatic N) is 1. The average molecular weight is 297 g/mol. The predicted octanol–water partition coefficient (Wildman–Crippen LogP) is 1.58. The van der Waals surface area contributed by atoms with Gasteiger partial charge in [0.1, 0.15) is 0 Å². The van der Waals surface area contributed by atoms with Crippen LogP contribution in [0.1, 0.15) is 5.56 Å². The summed E-state index contributed by atoms with van der Waals surface area (Å²) < 4.78 is 6.66. The summed E-state index contributed by atoms with van der Waals surface area (Å²) in [5.74, 6) is 0. The molecule has 1 aromatic carbocycles. The Morgan fingerprint density at radius 1 is 1.24 bits per heavy atom. The van der Waals surface area contributed by atoms with Crippen molar-refractivity contribution in [1.82, 2.24) is 10.2 Å². The summed E-state index contributed by atoms with van der Waals surface area (Å²) in [6.07, 6.45) is 0. The minimum atomic E-state index is 0.117. The van der Waals surface area contributed by atoms with Crippen LogP contribution in [-0.4, -0.2) is 44.3 Å². The van der Waals surface area contributed by atoms with Gasteiger partial charge in [0.15, 0.2) is 0 Å². The molecule has 92 valence electrons. The first kappa shape index (κ1) is 11.7. The second-order valence-corrected chi connectivity index (χ2v) is 5.69. The van der Waals surface area contributed by atoms with Gasteiger partial charge in [0.25, 0.3) is 0 Å². The topological polar surface area (TPSA) is 24.5 Å². The molecule has 0 spiro atoms. The van der Waals surface area contributed by atoms with Gasteiger partial charge in [0.2, 0.25) is 0 Å². The molecule has 0 amide bonds. The Hall–Kier alpha value is -0.420. The van der Waals surface area contributed by atoms with Crippen molar-refractivity contribution in [3.05, 3.63) is 34.3 Å². The fourth-order valence-electron chi connectivity index (χ4n) is 2.70. The lowest BCUT2D eigenvalue weighted by Crippen LogP contribution is -2.63. The molecule has 1 aromatic rings. The molecule has 3 rings (SSSR count). The highest BCUT2D eigenvalue weighted by molar-refractivity contribution is 9.10. The summed E-state index contributed by atoms with van der Waals surface area (Å²) >= 11 is 3.56. The highest BCUT2D eigenvalue weighted by atomic mass is 79.9. The molecule has 17 heavy (non-hydrogen) atoms. The van der Waals surface area contributed by atoms with Gasteiger partial charge < -0.3 is 10.1 Å². The third-order valence-corrected chi connectivity index (χ3v) is 4.26. The zero-order chi connectivity index (χ0) is 11.7. The maximum Gasteiger partial charge on any atom is 0.0934 e. The van der Waals surface area contributed by atoms with Crippen molar-refractivity contribution in [2.45, 2.75) is 5.54 Å². The minimum Gasteiger partial charge on any atom is -0.377 e. The smallest absolute Gasteiger partial charge is 0.0934 e. The average Bonchev–Trinajstić information content (AvgIpc) is 2.29. The first-order valence-electron chi connectivity index (χ1n) is 6.11. The van der Waals surface area contributed by atoms with Crippen molar-refractivity contribution in [2.75, 3.05) is 39.4 Å². The Morgan fingerprint density at radius 3 is 2.59 bits per heavy atom. The third-order valence-electron chi connectivity index (χ3n) is 3.77. The monoisotopic (exact) mass is 296 g/mol. The number of piperazine rings is 1. The lowest BCUT2D eigenvalue weighted by atomic mass is 9.85. The molecule has 0 radical (unpaired) electrons. The van der Waals surface area contributed by atoms with Crippen molar-refractivity contribution >= 4 is 15.9 Å². The van der Waals surface area contributed by atoms with E-state index >= 15 is 0 Å². The number of nitrogens with one attached hydrogen (secondary N) is 1. The van der Waals surface area contributed by atoms with Crippen LogP contribution in [0, 0.1) is 0 Å². The Bertz CT molecular complexity index is 400. The van der Waals surface area contributed by atoms with E-state index in [1.165, 1.54) is 5.56 Å². The molecule has 0 atom stereocenters. The van der Waals surface area contributed by atoms with Crippen LogP contribution in [0.25, 0.3) is 0 Å². The number of ether oxygens (including phenoxy) is 1. The van der Waals surface area contributed by atoms with Gasteiger partial charge >= 0.3 is 0 Å². The zero-order valence-corrected chi connectivity index (χ0v) is 11.4. The molecule has 2 heterocycles. The first-order valence-corrected chi connectivity index (χ1v) is 6.90. The van der Waals surface area contributed by atoms with E-state index in [9.17, 15) is 0 Å². The fourth-order valence-corrected chi connectivity index (χ4v) is 3.10. The molecular weight excluding hydrogens is 280 g/mol. The Morgan fingerprint density at radius 2 is 2.00 bits per heavy atom. The van der Waals surface area contributed by atoms with Crippen LogP contribution in [0.4, 0.5) is 0 Å². The van der Waals surface area contributed by atoms with Crippen LogP contribution in [0.5, 0.6) is 0 Å². The minimum absolute atomic E-state index is 0.117. The quantitative estimate of drug-likeness (QED) is 0.897. The summed E-state index contributed by atoms with van der Waals surface area (Å²) in [6.45, 7) is 6.02. The molecule has 2 saturated heterocycles. The molecule has 2 fully saturated rings. The van der Waals surface area contributed by atoms with Gasteiger partial charge in [-0.05, 0) is 17.7 Å². The van der Waals surface area contributed by atoms with E-state index in [1.807, 2.05) is 0 Å². The molecule has 0 aliphatic carbocycles. The van der Waals surface area contributed by atoms with E-state index in [1.54, 1.807) is 0 Å². The largest absolute Gasteiger partial charge is 0.377 e. The van der Waals surface area contributed by atoms with Crippen molar-refractivity contribution in [3.63, 3.8) is 0 Å². The molecule has 0 saturated carbocycles. The van der Waals surface area contributed by atoms with Crippen LogP contribution in [0.15, 0.2) is 28.7 Å². The second-order valence-electron chi connectivity index (χ2n) is 4.77. The molecule has 0 aromatic heterocycles. The van der Waals surface area contributed by atoms with Gasteiger partial charge in [-0.3, -0.25) is 4.90 Å². The normalized spacial score (nSPS) is 24.3. The van der Waals surface area contributed by atoms with Gasteiger partial charge in [0, 0.05) is 30.7 Å². The van der Waals surface area contributed by atoms with Crippen LogP contribution < -0.4 is 5.32 Å². The highest BCUT2D eigenvalue weighted by Crippen LogP contribution is 2.37. The van der Waals surface area contributed by atoms with Crippen LogP contribution in [0.2, 0.25) is 0 Å². The number of rotatable bonds is 2. The molecular formula is C13H17BrN2O. The predicted molar refractivity (Wildman–Crippen MR) is 71.1 cm³/mol. The van der Waals surface area contributed by atoms with E-state index < -0.39 is 0 Å². The van der Waals surface area contributed by atoms with Gasteiger partial charge in [0.05, 0.1) is 18.8 Å². The van der Waals surface area contributed by atoms with E-state index in [-0.39, 0.29) is 5.54 Å². The molecule has 1 N–H and O–H groups in total. The summed E-state index contributed by atoms with van der Waals surface area (Å²) in [4.78, 5) is 2.56. The number of benzene rings is 1. The maximum atomic E-state index is 5.51. The summed E-state index contributed by atoms with van der Waals surface area (Å²) in [5.41, 5.74) is 1.49. The van der Waals surface area contributed by atoms with E-state index in [2.05, 4.69) is 50.4 Å². The number of hydrogen-bond donors (Lipinski definition) is 1. The van der Waals surface area contributed by atoms with Crippen molar-refractivity contribution < 1.29 is 4.74 Å². The Labute approximate surface area is 110 Å². The van der Waals surface area contributed by atoms with Crippen LogP contribution in [-0.2, 0) is 10.3 Å². The Balaban J connectivity index is 1.90. The lowest BCUT2D eigenvalue weighted by Gasteiger charge is -2.51. The van der Waals surface area contributed by atoms with Gasteiger partial charge in [-0.15, -0.1) is 0 Å². The molecule has 4 heteroatoms. The van der Waals surface area contributed by atoms with Crippen LogP contribution in [0.3, 0.4) is 0 Å². The van der Waals surface area contributed by atoms with Gasteiger partial charge in [-0.2, -0.15) is 0 Å². The van der Waals surface area contributed by atoms with E-state index in [0.29, 0.717) is 0 Å². The SMILES string of the molecule is Brc1cccc(C2(N3CCNCC3)COC2)c1. The summed E-state index contributed by atoms with van der Waals surface area (Å²) in [6, 6.07) is 8.63. The molecule has 2 aliphatic rings. The fraction of sp³-hybridized carbons (Fsp3) is 0.538. The first-order chi connectivity index (χ1) is 8.31. The van der Waals surface area contributed by atoms with Crippen LogP contribution >= 0.6 is 15.9 Å². The van der Waals surface area contributed by atoms with E-state index in [4.69, 9.17) is 4.74 Å². The number of halogens is 1. The van der Waals surface area contributed by atoms with Gasteiger partial charge in [-0.25, -0.2) is 0 Å². The molecule has 0 unspecified atom stereocenters. The van der Waals surface area contributed by atoms with Crippen molar-refractivity contribution in [3.8, 4) is 0 Å². The standard InChI is InChI=1S/C13H17BrN2O/c14-12-3-1-2-11(8-12)13(9-17-10-13)16-6-4-15-5-7-16/h1-3,8,15H,4-7,9-10H2. The molecule has 0 bridgehead atoms. The molecule has 2 aliphatic heterocycles. The van der Waals surface area contributed by atoms with E-state index in [0.717, 1.165) is 43.9 Å². The third kappa shape index (κ3) is 2.03. The number of hydrogen-bond acceptors (Lipinski definition) is 3. The summed E-state index contributed by atoms with van der Waals surface area (Å²) in [5, 5.41) is 3.41.